The number of nitrogens with one attached hydrogen (secondary N) is 2. The lowest BCUT2D eigenvalue weighted by Gasteiger charge is -2.08. The molecule has 1 aromatic heterocycles. The Morgan fingerprint density at radius 1 is 1.19 bits per heavy atom. The molecule has 1 heterocycles. The van der Waals surface area contributed by atoms with Crippen molar-refractivity contribution in [3.8, 4) is 0 Å². The van der Waals surface area contributed by atoms with Gasteiger partial charge in [-0.1, -0.05) is 18.2 Å². The van der Waals surface area contributed by atoms with Crippen molar-refractivity contribution in [2.45, 2.75) is 6.92 Å². The molecule has 0 aliphatic carbocycles. The van der Waals surface area contributed by atoms with Crippen molar-refractivity contribution in [2.75, 3.05) is 13.1 Å². The first-order valence-corrected chi connectivity index (χ1v) is 6.55. The lowest BCUT2D eigenvalue weighted by atomic mass is 10.1. The molecule has 7 heteroatoms. The highest BCUT2D eigenvalue weighted by molar-refractivity contribution is 6.05. The second kappa shape index (κ2) is 6.17. The first-order chi connectivity index (χ1) is 10.0. The van der Waals surface area contributed by atoms with Crippen LogP contribution in [0.25, 0.3) is 10.8 Å². The standard InChI is InChI=1S/C14H16N4O3/c1-3-15-11(19)8-16-13(20)12-9-6-4-5-7-10(9)14(21)18(2)17-12/h4-7H,3,8H2,1-2H3,(H,15,19)(H,16,20). The molecule has 0 fully saturated rings. The molecule has 1 aromatic carbocycles. The molecular formula is C14H16N4O3. The van der Waals surface area contributed by atoms with Crippen LogP contribution >= 0.6 is 0 Å². The van der Waals surface area contributed by atoms with Crippen LogP contribution in [0.4, 0.5) is 0 Å². The van der Waals surface area contributed by atoms with Crippen LogP contribution in [-0.4, -0.2) is 34.7 Å². The Labute approximate surface area is 121 Å². The molecule has 2 rings (SSSR count). The number of amides is 2. The molecule has 0 radical (unpaired) electrons. The zero-order valence-electron chi connectivity index (χ0n) is 11.8. The van der Waals surface area contributed by atoms with Crippen LogP contribution in [0.2, 0.25) is 0 Å². The highest BCUT2D eigenvalue weighted by atomic mass is 16.2. The number of aromatic nitrogens is 2. The smallest absolute Gasteiger partial charge is 0.274 e. The predicted octanol–water partition coefficient (Wildman–Crippen LogP) is -0.201. The highest BCUT2D eigenvalue weighted by Gasteiger charge is 2.15. The zero-order chi connectivity index (χ0) is 15.4. The van der Waals surface area contributed by atoms with E-state index in [9.17, 15) is 14.4 Å². The van der Waals surface area contributed by atoms with Gasteiger partial charge in [-0.3, -0.25) is 14.4 Å². The number of hydrogen-bond acceptors (Lipinski definition) is 4. The first kappa shape index (κ1) is 14.7. The quantitative estimate of drug-likeness (QED) is 0.814. The molecule has 7 nitrogen and oxygen atoms in total. The first-order valence-electron chi connectivity index (χ1n) is 6.55. The average molecular weight is 288 g/mol. The number of benzene rings is 1. The number of carbonyl (C=O) groups excluding carboxylic acids is 2. The predicted molar refractivity (Wildman–Crippen MR) is 78.0 cm³/mol. The molecule has 0 atom stereocenters. The van der Waals surface area contributed by atoms with E-state index >= 15 is 0 Å². The molecule has 2 aromatic rings. The Hall–Kier alpha value is -2.70. The van der Waals surface area contributed by atoms with Crippen molar-refractivity contribution in [2.24, 2.45) is 7.05 Å². The molecule has 110 valence electrons. The lowest BCUT2D eigenvalue weighted by molar-refractivity contribution is -0.120. The minimum absolute atomic E-state index is 0.122. The maximum atomic E-state index is 12.2. The number of nitrogens with zero attached hydrogens (tertiary/aromatic N) is 2. The largest absolute Gasteiger partial charge is 0.355 e. The maximum absolute atomic E-state index is 12.2. The van der Waals surface area contributed by atoms with Crippen LogP contribution in [0.3, 0.4) is 0 Å². The van der Waals surface area contributed by atoms with E-state index in [1.807, 2.05) is 0 Å². The molecule has 0 saturated carbocycles. The summed E-state index contributed by atoms with van der Waals surface area (Å²) in [7, 11) is 1.48. The van der Waals surface area contributed by atoms with E-state index in [0.717, 1.165) is 4.68 Å². The lowest BCUT2D eigenvalue weighted by Crippen LogP contribution is -2.38. The van der Waals surface area contributed by atoms with Gasteiger partial charge in [0.25, 0.3) is 11.5 Å². The van der Waals surface area contributed by atoms with Gasteiger partial charge in [0, 0.05) is 19.0 Å². The van der Waals surface area contributed by atoms with Gasteiger partial charge < -0.3 is 10.6 Å². The van der Waals surface area contributed by atoms with Gasteiger partial charge in [-0.2, -0.15) is 5.10 Å². The molecule has 0 bridgehead atoms. The number of hydrogen-bond donors (Lipinski definition) is 2. The van der Waals surface area contributed by atoms with Gasteiger partial charge in [-0.05, 0) is 13.0 Å². The van der Waals surface area contributed by atoms with Gasteiger partial charge in [0.2, 0.25) is 5.91 Å². The van der Waals surface area contributed by atoms with E-state index in [0.29, 0.717) is 17.3 Å². The fourth-order valence-corrected chi connectivity index (χ4v) is 1.97. The molecule has 0 aliphatic rings. The third-order valence-electron chi connectivity index (χ3n) is 2.96. The number of rotatable bonds is 4. The van der Waals surface area contributed by atoms with Crippen molar-refractivity contribution in [3.05, 3.63) is 40.3 Å². The zero-order valence-corrected chi connectivity index (χ0v) is 11.8. The molecular weight excluding hydrogens is 272 g/mol. The molecule has 0 saturated heterocycles. The summed E-state index contributed by atoms with van der Waals surface area (Å²) in [5.41, 5.74) is -0.150. The van der Waals surface area contributed by atoms with Gasteiger partial charge in [-0.15, -0.1) is 0 Å². The molecule has 0 unspecified atom stereocenters. The SMILES string of the molecule is CCNC(=O)CNC(=O)c1nn(C)c(=O)c2ccccc12. The van der Waals surface area contributed by atoms with Crippen LogP contribution < -0.4 is 16.2 Å². The monoisotopic (exact) mass is 288 g/mol. The number of likely N-dealkylation sites (N-methyl/N-ethyl adjacent to an activating group) is 1. The number of fused-ring (bicyclic) bond motifs is 1. The van der Waals surface area contributed by atoms with Crippen molar-refractivity contribution in [3.63, 3.8) is 0 Å². The Balaban J connectivity index is 2.34. The molecule has 0 aliphatic heterocycles. The molecule has 21 heavy (non-hydrogen) atoms. The summed E-state index contributed by atoms with van der Waals surface area (Å²) in [6, 6.07) is 6.74. The van der Waals surface area contributed by atoms with Gasteiger partial charge in [0.05, 0.1) is 11.9 Å². The van der Waals surface area contributed by atoms with Crippen LogP contribution in [-0.2, 0) is 11.8 Å². The summed E-state index contributed by atoms with van der Waals surface area (Å²) in [5, 5.41) is 9.94. The summed E-state index contributed by atoms with van der Waals surface area (Å²) in [6.45, 7) is 2.16. The van der Waals surface area contributed by atoms with Crippen molar-refractivity contribution < 1.29 is 9.59 Å². The van der Waals surface area contributed by atoms with Crippen molar-refractivity contribution in [1.29, 1.82) is 0 Å². The van der Waals surface area contributed by atoms with E-state index in [1.54, 1.807) is 31.2 Å². The van der Waals surface area contributed by atoms with E-state index in [2.05, 4.69) is 15.7 Å². The van der Waals surface area contributed by atoms with Gasteiger partial charge >= 0.3 is 0 Å². The van der Waals surface area contributed by atoms with Gasteiger partial charge in [0.1, 0.15) is 0 Å². The van der Waals surface area contributed by atoms with Crippen molar-refractivity contribution in [1.82, 2.24) is 20.4 Å². The van der Waals surface area contributed by atoms with Gasteiger partial charge in [-0.25, -0.2) is 4.68 Å². The topological polar surface area (TPSA) is 93.1 Å². The van der Waals surface area contributed by atoms with Gasteiger partial charge in [0.15, 0.2) is 5.69 Å². The van der Waals surface area contributed by atoms with Crippen LogP contribution in [0.15, 0.2) is 29.1 Å². The number of carbonyl (C=O) groups is 2. The maximum Gasteiger partial charge on any atom is 0.274 e. The highest BCUT2D eigenvalue weighted by Crippen LogP contribution is 2.12. The minimum atomic E-state index is -0.493. The summed E-state index contributed by atoms with van der Waals surface area (Å²) >= 11 is 0. The Kier molecular flexibility index (Phi) is 4.32. The second-order valence-electron chi connectivity index (χ2n) is 4.46. The fourth-order valence-electron chi connectivity index (χ4n) is 1.97. The van der Waals surface area contributed by atoms with Crippen LogP contribution in [0, 0.1) is 0 Å². The van der Waals surface area contributed by atoms with E-state index in [4.69, 9.17) is 0 Å². The molecule has 0 spiro atoms. The van der Waals surface area contributed by atoms with E-state index < -0.39 is 5.91 Å². The van der Waals surface area contributed by atoms with Crippen LogP contribution in [0.5, 0.6) is 0 Å². The molecule has 2 N–H and O–H groups in total. The summed E-state index contributed by atoms with van der Waals surface area (Å²) < 4.78 is 1.11. The van der Waals surface area contributed by atoms with Crippen LogP contribution in [0.1, 0.15) is 17.4 Å². The normalized spacial score (nSPS) is 10.4. The Morgan fingerprint density at radius 2 is 1.86 bits per heavy atom. The molecule has 2 amide bonds. The summed E-state index contributed by atoms with van der Waals surface area (Å²) in [6.07, 6.45) is 0. The Bertz CT molecular complexity index is 751. The van der Waals surface area contributed by atoms with E-state index in [-0.39, 0.29) is 23.7 Å². The minimum Gasteiger partial charge on any atom is -0.355 e. The summed E-state index contributed by atoms with van der Waals surface area (Å²) in [5.74, 6) is -0.770. The third kappa shape index (κ3) is 3.07. The third-order valence-corrected chi connectivity index (χ3v) is 2.96. The Morgan fingerprint density at radius 3 is 2.52 bits per heavy atom. The fraction of sp³-hybridized carbons (Fsp3) is 0.286. The van der Waals surface area contributed by atoms with Crippen molar-refractivity contribution >= 4 is 22.6 Å². The second-order valence-corrected chi connectivity index (χ2v) is 4.46. The summed E-state index contributed by atoms with van der Waals surface area (Å²) in [4.78, 5) is 35.5. The van der Waals surface area contributed by atoms with E-state index in [1.165, 1.54) is 7.05 Å². The average Bonchev–Trinajstić information content (AvgIpc) is 2.49. The number of aryl methyl sites for hydroxylation is 1.